The van der Waals surface area contributed by atoms with E-state index in [0.29, 0.717) is 29.8 Å². The van der Waals surface area contributed by atoms with Gasteiger partial charge in [-0.15, -0.1) is 0 Å². The summed E-state index contributed by atoms with van der Waals surface area (Å²) < 4.78 is 23.2. The first-order valence-electron chi connectivity index (χ1n) is 17.1. The fourth-order valence-corrected chi connectivity index (χ4v) is 9.46. The molecule has 44 heavy (non-hydrogen) atoms. The van der Waals surface area contributed by atoms with E-state index in [0.717, 1.165) is 43.9 Å². The molecule has 246 valence electrons. The number of allylic oxidation sites excluding steroid dienone is 1. The Hall–Kier alpha value is -2.19. The molecule has 8 heteroatoms. The van der Waals surface area contributed by atoms with E-state index in [1.807, 2.05) is 6.08 Å². The zero-order valence-electron chi connectivity index (χ0n) is 28.0. The van der Waals surface area contributed by atoms with E-state index in [1.54, 1.807) is 11.6 Å². The first-order chi connectivity index (χ1) is 20.9. The third kappa shape index (κ3) is 6.96. The SMILES string of the molecule is CC(=O)OC[C@H]1OC(O[C@H]2CC[C@@]3(C)C(=CC[C@H]4[C@@H]5CC[C@H](/C(C)=N/OCCC(C)C)[C@@]5(C)CC[C@@H]43)C2)C=C[C@@H]1OC(C)=O. The molecule has 1 heterocycles. The Morgan fingerprint density at radius 2 is 1.82 bits per heavy atom. The summed E-state index contributed by atoms with van der Waals surface area (Å²) in [7, 11) is 0. The van der Waals surface area contributed by atoms with Crippen LogP contribution in [0.15, 0.2) is 29.0 Å². The number of ether oxygens (including phenoxy) is 4. The molecule has 5 aliphatic rings. The largest absolute Gasteiger partial charge is 0.463 e. The smallest absolute Gasteiger partial charge is 0.303 e. The Bertz CT molecular complexity index is 1150. The molecule has 3 fully saturated rings. The van der Waals surface area contributed by atoms with Gasteiger partial charge < -0.3 is 23.8 Å². The van der Waals surface area contributed by atoms with Gasteiger partial charge in [0, 0.05) is 19.8 Å². The van der Waals surface area contributed by atoms with Crippen LogP contribution in [0.3, 0.4) is 0 Å². The molecule has 1 aliphatic heterocycles. The van der Waals surface area contributed by atoms with Crippen LogP contribution in [-0.4, -0.2) is 55.5 Å². The van der Waals surface area contributed by atoms with Crippen molar-refractivity contribution in [2.75, 3.05) is 13.2 Å². The standard InChI is InChI=1S/C36H55NO7/c1-22(2)16-19-41-37-23(3)29-10-11-30-28-9-8-26-20-27(14-17-35(26,6)31(28)15-18-36(29,30)7)43-34-13-12-32(42-25(5)39)33(44-34)21-40-24(4)38/h8,12-13,22,27-34H,9-11,14-21H2,1-7H3/b37-23+/t27-,28-,29+,30-,31-,32-,33+,34?,35-,36+/m0/s1. The third-order valence-corrected chi connectivity index (χ3v) is 11.8. The highest BCUT2D eigenvalue weighted by molar-refractivity contribution is 5.85. The maximum Gasteiger partial charge on any atom is 0.303 e. The van der Waals surface area contributed by atoms with Crippen molar-refractivity contribution in [2.24, 2.45) is 45.6 Å². The van der Waals surface area contributed by atoms with Crippen LogP contribution in [0.2, 0.25) is 0 Å². The van der Waals surface area contributed by atoms with Gasteiger partial charge in [0.15, 0.2) is 6.29 Å². The van der Waals surface area contributed by atoms with Crippen LogP contribution < -0.4 is 0 Å². The highest BCUT2D eigenvalue weighted by Crippen LogP contribution is 2.66. The minimum atomic E-state index is -0.612. The second kappa shape index (κ2) is 13.7. The Morgan fingerprint density at radius 3 is 2.55 bits per heavy atom. The lowest BCUT2D eigenvalue weighted by atomic mass is 9.47. The monoisotopic (exact) mass is 613 g/mol. The first kappa shape index (κ1) is 33.2. The van der Waals surface area contributed by atoms with E-state index in [4.69, 9.17) is 23.8 Å². The maximum atomic E-state index is 11.6. The number of hydrogen-bond acceptors (Lipinski definition) is 8. The molecule has 0 aromatic carbocycles. The summed E-state index contributed by atoms with van der Waals surface area (Å²) in [4.78, 5) is 28.8. The van der Waals surface area contributed by atoms with E-state index in [-0.39, 0.29) is 18.1 Å². The van der Waals surface area contributed by atoms with E-state index >= 15 is 0 Å². The Labute approximate surface area is 264 Å². The Kier molecular flexibility index (Phi) is 10.3. The van der Waals surface area contributed by atoms with E-state index in [9.17, 15) is 9.59 Å². The van der Waals surface area contributed by atoms with Gasteiger partial charge in [-0.1, -0.05) is 44.5 Å². The van der Waals surface area contributed by atoms with Crippen LogP contribution in [0.25, 0.3) is 0 Å². The van der Waals surface area contributed by atoms with Gasteiger partial charge in [0.05, 0.1) is 11.8 Å². The number of carbonyl (C=O) groups is 2. The molecule has 3 saturated carbocycles. The molecular formula is C36H55NO7. The average molecular weight is 614 g/mol. The molecular weight excluding hydrogens is 558 g/mol. The molecule has 5 rings (SSSR count). The average Bonchev–Trinajstić information content (AvgIpc) is 3.32. The second-order valence-electron chi connectivity index (χ2n) is 15.0. The minimum absolute atomic E-state index is 0.00587. The van der Waals surface area contributed by atoms with Crippen molar-refractivity contribution in [3.05, 3.63) is 23.8 Å². The second-order valence-corrected chi connectivity index (χ2v) is 15.0. The quantitative estimate of drug-likeness (QED) is 0.0848. The molecule has 0 amide bonds. The number of esters is 2. The number of rotatable bonds is 10. The zero-order valence-corrected chi connectivity index (χ0v) is 28.0. The van der Waals surface area contributed by atoms with Crippen LogP contribution in [0.4, 0.5) is 0 Å². The number of nitrogens with zero attached hydrogens (tertiary/aromatic N) is 1. The molecule has 0 spiro atoms. The summed E-state index contributed by atoms with van der Waals surface area (Å²) in [5.74, 6) is 2.51. The molecule has 0 aromatic heterocycles. The summed E-state index contributed by atoms with van der Waals surface area (Å²) >= 11 is 0. The zero-order chi connectivity index (χ0) is 31.6. The van der Waals surface area contributed by atoms with Gasteiger partial charge in [0.2, 0.25) is 0 Å². The summed E-state index contributed by atoms with van der Waals surface area (Å²) in [5, 5.41) is 4.63. The molecule has 4 aliphatic carbocycles. The predicted molar refractivity (Wildman–Crippen MR) is 169 cm³/mol. The van der Waals surface area contributed by atoms with Gasteiger partial charge in [0.25, 0.3) is 0 Å². The molecule has 10 atom stereocenters. The van der Waals surface area contributed by atoms with Crippen molar-refractivity contribution in [1.82, 2.24) is 0 Å². The van der Waals surface area contributed by atoms with E-state index < -0.39 is 30.4 Å². The van der Waals surface area contributed by atoms with Crippen molar-refractivity contribution >= 4 is 17.7 Å². The summed E-state index contributed by atoms with van der Waals surface area (Å²) in [5.41, 5.74) is 3.27. The van der Waals surface area contributed by atoms with Gasteiger partial charge in [-0.05, 0) is 111 Å². The molecule has 8 nitrogen and oxygen atoms in total. The van der Waals surface area contributed by atoms with Crippen molar-refractivity contribution in [2.45, 2.75) is 131 Å². The predicted octanol–water partition coefficient (Wildman–Crippen LogP) is 7.17. The van der Waals surface area contributed by atoms with E-state index in [1.165, 1.54) is 45.2 Å². The third-order valence-electron chi connectivity index (χ3n) is 11.8. The Morgan fingerprint density at radius 1 is 1.02 bits per heavy atom. The van der Waals surface area contributed by atoms with Gasteiger partial charge in [-0.2, -0.15) is 0 Å². The number of oxime groups is 1. The van der Waals surface area contributed by atoms with Crippen LogP contribution in [0, 0.1) is 40.4 Å². The molecule has 0 N–H and O–H groups in total. The lowest BCUT2D eigenvalue weighted by Gasteiger charge is -2.58. The molecule has 0 radical (unpaired) electrons. The van der Waals surface area contributed by atoms with Gasteiger partial charge in [-0.25, -0.2) is 0 Å². The molecule has 0 saturated heterocycles. The number of hydrogen-bond donors (Lipinski definition) is 0. The first-order valence-corrected chi connectivity index (χ1v) is 17.1. The Balaban J connectivity index is 1.22. The minimum Gasteiger partial charge on any atom is -0.463 e. The fraction of sp³-hybridized carbons (Fsp3) is 0.806. The highest BCUT2D eigenvalue weighted by atomic mass is 16.7. The van der Waals surface area contributed by atoms with Gasteiger partial charge in [-0.3, -0.25) is 9.59 Å². The molecule has 0 aromatic rings. The van der Waals surface area contributed by atoms with Crippen molar-refractivity contribution in [1.29, 1.82) is 0 Å². The summed E-state index contributed by atoms with van der Waals surface area (Å²) in [6.45, 7) is 15.1. The maximum absolute atomic E-state index is 11.6. The van der Waals surface area contributed by atoms with Crippen molar-refractivity contribution < 1.29 is 33.4 Å². The van der Waals surface area contributed by atoms with E-state index in [2.05, 4.69) is 45.9 Å². The topological polar surface area (TPSA) is 92.7 Å². The lowest BCUT2D eigenvalue weighted by Crippen LogP contribution is -2.51. The van der Waals surface area contributed by atoms with Gasteiger partial charge in [0.1, 0.15) is 25.4 Å². The lowest BCUT2D eigenvalue weighted by molar-refractivity contribution is -0.213. The molecule has 1 unspecified atom stereocenters. The number of carbonyl (C=O) groups excluding carboxylic acids is 2. The van der Waals surface area contributed by atoms with Crippen LogP contribution in [0.1, 0.15) is 106 Å². The van der Waals surface area contributed by atoms with Crippen LogP contribution >= 0.6 is 0 Å². The normalized spacial score (nSPS) is 40.0. The van der Waals surface area contributed by atoms with Crippen molar-refractivity contribution in [3.8, 4) is 0 Å². The molecule has 0 bridgehead atoms. The van der Waals surface area contributed by atoms with Crippen molar-refractivity contribution in [3.63, 3.8) is 0 Å². The van der Waals surface area contributed by atoms with Crippen LogP contribution in [-0.2, 0) is 33.4 Å². The summed E-state index contributed by atoms with van der Waals surface area (Å²) in [6.07, 6.45) is 14.7. The highest BCUT2D eigenvalue weighted by Gasteiger charge is 2.59. The summed E-state index contributed by atoms with van der Waals surface area (Å²) in [6, 6.07) is 0. The number of fused-ring (bicyclic) bond motifs is 5. The van der Waals surface area contributed by atoms with Crippen LogP contribution in [0.5, 0.6) is 0 Å². The fourth-order valence-electron chi connectivity index (χ4n) is 9.46. The van der Waals surface area contributed by atoms with Gasteiger partial charge >= 0.3 is 11.9 Å².